The Hall–Kier alpha value is -3.04. The Morgan fingerprint density at radius 1 is 1.29 bits per heavy atom. The molecule has 4 aromatic rings. The van der Waals surface area contributed by atoms with Gasteiger partial charge in [-0.25, -0.2) is 4.98 Å². The third-order valence-electron chi connectivity index (χ3n) is 5.70. The van der Waals surface area contributed by atoms with Crippen LogP contribution in [0.3, 0.4) is 0 Å². The van der Waals surface area contributed by atoms with E-state index in [0.717, 1.165) is 46.4 Å². The van der Waals surface area contributed by atoms with Crippen LogP contribution < -0.4 is 15.6 Å². The van der Waals surface area contributed by atoms with E-state index in [1.165, 1.54) is 16.6 Å². The number of amides is 1. The first-order valence-corrected chi connectivity index (χ1v) is 13.0. The van der Waals surface area contributed by atoms with Gasteiger partial charge in [-0.1, -0.05) is 23.9 Å². The molecule has 0 unspecified atom stereocenters. The summed E-state index contributed by atoms with van der Waals surface area (Å²) >= 11 is 2.87. The van der Waals surface area contributed by atoms with Crippen molar-refractivity contribution in [1.29, 1.82) is 0 Å². The second-order valence-electron chi connectivity index (χ2n) is 8.21. The van der Waals surface area contributed by atoms with Gasteiger partial charge in [0.1, 0.15) is 22.9 Å². The lowest BCUT2D eigenvalue weighted by molar-refractivity contribution is -0.118. The fourth-order valence-electron chi connectivity index (χ4n) is 4.11. The summed E-state index contributed by atoms with van der Waals surface area (Å²) in [6, 6.07) is 11.4. The molecule has 1 amide bonds. The molecule has 1 aromatic carbocycles. The molecule has 34 heavy (non-hydrogen) atoms. The molecule has 9 heteroatoms. The second-order valence-corrected chi connectivity index (χ2v) is 10.2. The van der Waals surface area contributed by atoms with Crippen molar-refractivity contribution in [2.75, 3.05) is 18.9 Å². The Morgan fingerprint density at radius 2 is 2.21 bits per heavy atom. The maximum absolute atomic E-state index is 13.5. The Balaban J connectivity index is 1.27. The molecule has 5 rings (SSSR count). The number of thiophene rings is 1. The molecule has 176 valence electrons. The van der Waals surface area contributed by atoms with Gasteiger partial charge in [-0.3, -0.25) is 14.2 Å². The van der Waals surface area contributed by atoms with Gasteiger partial charge in [0.2, 0.25) is 5.91 Å². The molecule has 1 N–H and O–H groups in total. The molecule has 7 nitrogen and oxygen atoms in total. The van der Waals surface area contributed by atoms with Gasteiger partial charge in [-0.05, 0) is 61.6 Å². The van der Waals surface area contributed by atoms with Crippen LogP contribution in [0.15, 0.2) is 57.0 Å². The zero-order valence-electron chi connectivity index (χ0n) is 18.8. The minimum atomic E-state index is -0.134. The first-order chi connectivity index (χ1) is 16.6. The van der Waals surface area contributed by atoms with Crippen LogP contribution in [0.2, 0.25) is 0 Å². The van der Waals surface area contributed by atoms with E-state index in [0.29, 0.717) is 24.1 Å². The van der Waals surface area contributed by atoms with Crippen LogP contribution in [0.5, 0.6) is 5.75 Å². The van der Waals surface area contributed by atoms with Crippen LogP contribution in [0.4, 0.5) is 0 Å². The van der Waals surface area contributed by atoms with Crippen LogP contribution in [-0.2, 0) is 24.2 Å². The maximum atomic E-state index is 13.5. The molecule has 3 heterocycles. The number of hydrogen-bond acceptors (Lipinski definition) is 7. The van der Waals surface area contributed by atoms with E-state index in [1.54, 1.807) is 28.2 Å². The van der Waals surface area contributed by atoms with E-state index >= 15 is 0 Å². The summed E-state index contributed by atoms with van der Waals surface area (Å²) in [5.41, 5.74) is 2.21. The zero-order chi connectivity index (χ0) is 23.5. The number of aromatic nitrogens is 2. The average molecular weight is 496 g/mol. The van der Waals surface area contributed by atoms with Crippen LogP contribution in [0, 0.1) is 6.92 Å². The molecule has 0 atom stereocenters. The minimum absolute atomic E-state index is 0.0599. The second kappa shape index (κ2) is 10.1. The number of carbonyl (C=O) groups is 1. The number of aryl methyl sites for hydroxylation is 3. The van der Waals surface area contributed by atoms with Gasteiger partial charge in [0.05, 0.1) is 30.5 Å². The van der Waals surface area contributed by atoms with Crippen LogP contribution in [0.1, 0.15) is 28.2 Å². The minimum Gasteiger partial charge on any atom is -0.492 e. The maximum Gasteiger partial charge on any atom is 0.263 e. The van der Waals surface area contributed by atoms with Gasteiger partial charge in [0.25, 0.3) is 5.56 Å². The van der Waals surface area contributed by atoms with E-state index in [2.05, 4.69) is 5.32 Å². The topological polar surface area (TPSA) is 86.4 Å². The van der Waals surface area contributed by atoms with Gasteiger partial charge in [0.15, 0.2) is 5.16 Å². The third-order valence-corrected chi connectivity index (χ3v) is 7.86. The fraction of sp³-hybridized carbons (Fsp3) is 0.320. The molecule has 0 saturated carbocycles. The first-order valence-electron chi connectivity index (χ1n) is 11.2. The molecule has 1 aliphatic rings. The third kappa shape index (κ3) is 4.90. The van der Waals surface area contributed by atoms with Gasteiger partial charge in [0, 0.05) is 4.88 Å². The summed E-state index contributed by atoms with van der Waals surface area (Å²) in [6.07, 6.45) is 4.60. The highest BCUT2D eigenvalue weighted by atomic mass is 32.2. The smallest absolute Gasteiger partial charge is 0.263 e. The lowest BCUT2D eigenvalue weighted by atomic mass is 10.2. The molecule has 1 aliphatic carbocycles. The van der Waals surface area contributed by atoms with Crippen LogP contribution in [-0.4, -0.2) is 34.4 Å². The number of rotatable bonds is 9. The molecular weight excluding hydrogens is 470 g/mol. The fourth-order valence-corrected chi connectivity index (χ4v) is 6.24. The molecule has 3 aromatic heterocycles. The van der Waals surface area contributed by atoms with Crippen molar-refractivity contribution in [3.63, 3.8) is 0 Å². The molecular formula is C25H25N3O4S2. The normalized spacial score (nSPS) is 12.7. The number of fused-ring (bicyclic) bond motifs is 3. The van der Waals surface area contributed by atoms with E-state index in [9.17, 15) is 9.59 Å². The Morgan fingerprint density at radius 3 is 3.03 bits per heavy atom. The quantitative estimate of drug-likeness (QED) is 0.213. The van der Waals surface area contributed by atoms with Gasteiger partial charge >= 0.3 is 0 Å². The summed E-state index contributed by atoms with van der Waals surface area (Å²) in [6.45, 7) is 3.07. The zero-order valence-corrected chi connectivity index (χ0v) is 20.5. The molecule has 0 bridgehead atoms. The molecule has 0 spiro atoms. The lowest BCUT2D eigenvalue weighted by Crippen LogP contribution is -2.30. The number of nitrogens with one attached hydrogen (secondary N) is 1. The highest BCUT2D eigenvalue weighted by Crippen LogP contribution is 2.35. The van der Waals surface area contributed by atoms with Gasteiger partial charge < -0.3 is 14.5 Å². The molecule has 0 aliphatic heterocycles. The SMILES string of the molecule is Cc1cccc(OCCNC(=O)CSc2nc3sc4c(c3c(=O)n2Cc2ccco2)CCC4)c1. The highest BCUT2D eigenvalue weighted by molar-refractivity contribution is 7.99. The standard InChI is InChI=1S/C25H25N3O4S2/c1-16-5-2-6-17(13-16)32-12-10-26-21(29)15-33-25-27-23-22(19-8-3-9-20(19)34-23)24(30)28(25)14-18-7-4-11-31-18/h2,4-7,11,13H,3,8-10,12,14-15H2,1H3,(H,26,29). The number of ether oxygens (including phenoxy) is 1. The number of thioether (sulfide) groups is 1. The summed E-state index contributed by atoms with van der Waals surface area (Å²) in [7, 11) is 0. The Labute approximate surface area is 205 Å². The summed E-state index contributed by atoms with van der Waals surface area (Å²) < 4.78 is 12.8. The van der Waals surface area contributed by atoms with Gasteiger partial charge in [-0.2, -0.15) is 0 Å². The van der Waals surface area contributed by atoms with Crippen molar-refractivity contribution in [2.24, 2.45) is 0 Å². The summed E-state index contributed by atoms with van der Waals surface area (Å²) in [5.74, 6) is 1.48. The monoisotopic (exact) mass is 495 g/mol. The molecule has 0 fully saturated rings. The van der Waals surface area contributed by atoms with E-state index in [-0.39, 0.29) is 23.8 Å². The predicted octanol–water partition coefficient (Wildman–Crippen LogP) is 4.18. The Kier molecular flexibility index (Phi) is 6.73. The number of furan rings is 1. The van der Waals surface area contributed by atoms with Crippen molar-refractivity contribution in [3.05, 3.63) is 74.8 Å². The van der Waals surface area contributed by atoms with Crippen LogP contribution in [0.25, 0.3) is 10.2 Å². The van der Waals surface area contributed by atoms with Crippen molar-refractivity contribution < 1.29 is 13.9 Å². The number of hydrogen-bond donors (Lipinski definition) is 1. The largest absolute Gasteiger partial charge is 0.492 e. The van der Waals surface area contributed by atoms with E-state index in [4.69, 9.17) is 14.1 Å². The van der Waals surface area contributed by atoms with Crippen molar-refractivity contribution >= 4 is 39.2 Å². The van der Waals surface area contributed by atoms with Crippen molar-refractivity contribution in [1.82, 2.24) is 14.9 Å². The van der Waals surface area contributed by atoms with Gasteiger partial charge in [-0.15, -0.1) is 11.3 Å². The van der Waals surface area contributed by atoms with Crippen molar-refractivity contribution in [3.8, 4) is 5.75 Å². The number of nitrogens with zero attached hydrogens (tertiary/aromatic N) is 2. The molecule has 0 saturated heterocycles. The lowest BCUT2D eigenvalue weighted by Gasteiger charge is -2.12. The highest BCUT2D eigenvalue weighted by Gasteiger charge is 2.24. The number of carbonyl (C=O) groups excluding carboxylic acids is 1. The molecule has 0 radical (unpaired) electrons. The summed E-state index contributed by atoms with van der Waals surface area (Å²) in [4.78, 5) is 32.7. The average Bonchev–Trinajstić information content (AvgIpc) is 3.55. The van der Waals surface area contributed by atoms with Crippen molar-refractivity contribution in [2.45, 2.75) is 37.9 Å². The first kappa shape index (κ1) is 22.7. The van der Waals surface area contributed by atoms with E-state index < -0.39 is 0 Å². The Bertz CT molecular complexity index is 1380. The summed E-state index contributed by atoms with van der Waals surface area (Å²) in [5, 5.41) is 4.13. The number of benzene rings is 1. The van der Waals surface area contributed by atoms with E-state index in [1.807, 2.05) is 37.3 Å². The predicted molar refractivity (Wildman–Crippen MR) is 134 cm³/mol. The van der Waals surface area contributed by atoms with Crippen LogP contribution >= 0.6 is 23.1 Å².